The zero-order valence-electron chi connectivity index (χ0n) is 12.2. The molecule has 0 saturated heterocycles. The average molecular weight is 268 g/mol. The molecule has 0 spiro atoms. The van der Waals surface area contributed by atoms with Crippen LogP contribution < -0.4 is 5.32 Å². The van der Waals surface area contributed by atoms with E-state index in [1.807, 2.05) is 11.8 Å². The molecule has 0 atom stereocenters. The summed E-state index contributed by atoms with van der Waals surface area (Å²) in [5.74, 6) is 3.12. The van der Waals surface area contributed by atoms with Gasteiger partial charge < -0.3 is 5.32 Å². The summed E-state index contributed by atoms with van der Waals surface area (Å²) in [6, 6.07) is 0. The zero-order chi connectivity index (χ0) is 13.0. The minimum atomic E-state index is 0.384. The molecule has 2 aliphatic rings. The molecule has 1 saturated carbocycles. The predicted molar refractivity (Wildman–Crippen MR) is 82.3 cm³/mol. The van der Waals surface area contributed by atoms with Crippen LogP contribution in [0.2, 0.25) is 0 Å². The van der Waals surface area contributed by atoms with E-state index >= 15 is 0 Å². The second-order valence-corrected chi connectivity index (χ2v) is 7.88. The Morgan fingerprint density at radius 3 is 2.61 bits per heavy atom. The van der Waals surface area contributed by atoms with Gasteiger partial charge in [0.25, 0.3) is 0 Å². The average Bonchev–Trinajstić information content (AvgIpc) is 2.34. The smallest absolute Gasteiger partial charge is 0.156 e. The van der Waals surface area contributed by atoms with Crippen LogP contribution in [-0.4, -0.2) is 24.0 Å². The summed E-state index contributed by atoms with van der Waals surface area (Å²) in [7, 11) is 0. The van der Waals surface area contributed by atoms with Gasteiger partial charge in [-0.25, -0.2) is 0 Å². The normalized spacial score (nSPS) is 31.8. The first-order valence-electron chi connectivity index (χ1n) is 7.46. The number of hydrogen-bond acceptors (Lipinski definition) is 3. The summed E-state index contributed by atoms with van der Waals surface area (Å²) in [5.41, 5.74) is 0.384. The van der Waals surface area contributed by atoms with Gasteiger partial charge in [0.2, 0.25) is 0 Å². The fourth-order valence-electron chi connectivity index (χ4n) is 2.75. The summed E-state index contributed by atoms with van der Waals surface area (Å²) in [5, 5.41) is 4.71. The molecule has 1 fully saturated rings. The fourth-order valence-corrected chi connectivity index (χ4v) is 3.73. The Labute approximate surface area is 116 Å². The Hall–Kier alpha value is -0.180. The van der Waals surface area contributed by atoms with Crippen molar-refractivity contribution in [1.82, 2.24) is 5.32 Å². The predicted octanol–water partition coefficient (Wildman–Crippen LogP) is 3.92. The first kappa shape index (κ1) is 14.2. The van der Waals surface area contributed by atoms with Gasteiger partial charge in [-0.05, 0) is 23.7 Å². The molecule has 0 aromatic rings. The van der Waals surface area contributed by atoms with Crippen LogP contribution in [0.5, 0.6) is 0 Å². The molecule has 0 unspecified atom stereocenters. The second-order valence-electron chi connectivity index (χ2n) is 6.92. The van der Waals surface area contributed by atoms with Crippen LogP contribution in [0, 0.1) is 17.3 Å². The van der Waals surface area contributed by atoms with Crippen LogP contribution in [0.3, 0.4) is 0 Å². The SMILES string of the molecule is CC1CCC(CCNC2=NCC(C)(C)CS2)CC1. The fraction of sp³-hybridized carbons (Fsp3) is 0.933. The standard InChI is InChI=1S/C15H28N2S/c1-12-4-6-13(7-5-12)8-9-16-14-17-10-15(2,3)11-18-14/h12-13H,4-11H2,1-3H3,(H,16,17). The summed E-state index contributed by atoms with van der Waals surface area (Å²) < 4.78 is 0. The molecule has 18 heavy (non-hydrogen) atoms. The van der Waals surface area contributed by atoms with E-state index < -0.39 is 0 Å². The Kier molecular flexibility index (Phi) is 4.99. The lowest BCUT2D eigenvalue weighted by Crippen LogP contribution is -2.32. The zero-order valence-corrected chi connectivity index (χ0v) is 13.0. The van der Waals surface area contributed by atoms with E-state index in [0.29, 0.717) is 5.41 Å². The van der Waals surface area contributed by atoms with E-state index in [1.165, 1.54) is 43.0 Å². The topological polar surface area (TPSA) is 24.4 Å². The lowest BCUT2D eigenvalue weighted by Gasteiger charge is -2.28. The van der Waals surface area contributed by atoms with Gasteiger partial charge in [-0.1, -0.05) is 58.2 Å². The van der Waals surface area contributed by atoms with E-state index in [4.69, 9.17) is 0 Å². The molecule has 1 heterocycles. The van der Waals surface area contributed by atoms with E-state index in [1.54, 1.807) is 0 Å². The van der Waals surface area contributed by atoms with Gasteiger partial charge in [-0.2, -0.15) is 0 Å². The Morgan fingerprint density at radius 1 is 1.28 bits per heavy atom. The van der Waals surface area contributed by atoms with Crippen LogP contribution in [-0.2, 0) is 0 Å². The third kappa shape index (κ3) is 4.49. The van der Waals surface area contributed by atoms with Crippen molar-refractivity contribution in [1.29, 1.82) is 0 Å². The van der Waals surface area contributed by atoms with Crippen LogP contribution >= 0.6 is 11.8 Å². The lowest BCUT2D eigenvalue weighted by atomic mass is 9.81. The maximum Gasteiger partial charge on any atom is 0.156 e. The quantitative estimate of drug-likeness (QED) is 0.839. The van der Waals surface area contributed by atoms with Crippen LogP contribution in [0.15, 0.2) is 4.99 Å². The van der Waals surface area contributed by atoms with Crippen LogP contribution in [0.4, 0.5) is 0 Å². The number of aliphatic imine (C=N–C) groups is 1. The van der Waals surface area contributed by atoms with Gasteiger partial charge in [0, 0.05) is 18.8 Å². The molecule has 0 aromatic heterocycles. The van der Waals surface area contributed by atoms with Gasteiger partial charge in [0.05, 0.1) is 0 Å². The van der Waals surface area contributed by atoms with Crippen molar-refractivity contribution >= 4 is 16.9 Å². The molecule has 1 N–H and O–H groups in total. The largest absolute Gasteiger partial charge is 0.365 e. The molecule has 3 heteroatoms. The third-order valence-electron chi connectivity index (χ3n) is 4.21. The molecule has 1 aliphatic carbocycles. The number of amidine groups is 1. The van der Waals surface area contributed by atoms with Crippen LogP contribution in [0.1, 0.15) is 52.9 Å². The molecule has 0 radical (unpaired) electrons. The maximum atomic E-state index is 4.65. The monoisotopic (exact) mass is 268 g/mol. The van der Waals surface area contributed by atoms with Crippen molar-refractivity contribution < 1.29 is 0 Å². The number of hydrogen-bond donors (Lipinski definition) is 1. The highest BCUT2D eigenvalue weighted by molar-refractivity contribution is 8.13. The van der Waals surface area contributed by atoms with Crippen molar-refractivity contribution in [2.24, 2.45) is 22.2 Å². The minimum Gasteiger partial charge on any atom is -0.365 e. The number of rotatable bonds is 3. The summed E-state index contributed by atoms with van der Waals surface area (Å²) >= 11 is 1.90. The minimum absolute atomic E-state index is 0.384. The summed E-state index contributed by atoms with van der Waals surface area (Å²) in [4.78, 5) is 4.65. The van der Waals surface area contributed by atoms with E-state index in [-0.39, 0.29) is 0 Å². The third-order valence-corrected chi connectivity index (χ3v) is 5.69. The maximum absolute atomic E-state index is 4.65. The molecule has 2 rings (SSSR count). The summed E-state index contributed by atoms with van der Waals surface area (Å²) in [6.45, 7) is 9.07. The molecular formula is C15H28N2S. The Balaban J connectivity index is 1.63. The molecule has 0 bridgehead atoms. The van der Waals surface area contributed by atoms with E-state index in [2.05, 4.69) is 31.1 Å². The Morgan fingerprint density at radius 2 is 2.00 bits per heavy atom. The second kappa shape index (κ2) is 6.31. The van der Waals surface area contributed by atoms with Crippen LogP contribution in [0.25, 0.3) is 0 Å². The first-order valence-corrected chi connectivity index (χ1v) is 8.45. The summed E-state index contributed by atoms with van der Waals surface area (Å²) in [6.07, 6.45) is 7.09. The Bertz CT molecular complexity index is 291. The highest BCUT2D eigenvalue weighted by Gasteiger charge is 2.23. The van der Waals surface area contributed by atoms with Gasteiger partial charge in [-0.15, -0.1) is 0 Å². The highest BCUT2D eigenvalue weighted by Crippen LogP contribution is 2.30. The van der Waals surface area contributed by atoms with E-state index in [9.17, 15) is 0 Å². The molecule has 1 aliphatic heterocycles. The van der Waals surface area contributed by atoms with Crippen molar-refractivity contribution in [3.63, 3.8) is 0 Å². The van der Waals surface area contributed by atoms with Crippen molar-refractivity contribution in [3.8, 4) is 0 Å². The molecule has 0 aromatic carbocycles. The molecular weight excluding hydrogens is 240 g/mol. The van der Waals surface area contributed by atoms with Gasteiger partial charge in [0.1, 0.15) is 0 Å². The van der Waals surface area contributed by atoms with Crippen molar-refractivity contribution in [2.75, 3.05) is 18.8 Å². The van der Waals surface area contributed by atoms with E-state index in [0.717, 1.165) is 24.9 Å². The lowest BCUT2D eigenvalue weighted by molar-refractivity contribution is 0.278. The number of nitrogens with zero attached hydrogens (tertiary/aromatic N) is 1. The first-order chi connectivity index (χ1) is 8.55. The molecule has 0 amide bonds. The number of nitrogens with one attached hydrogen (secondary N) is 1. The van der Waals surface area contributed by atoms with Crippen molar-refractivity contribution in [2.45, 2.75) is 52.9 Å². The number of thioether (sulfide) groups is 1. The van der Waals surface area contributed by atoms with Gasteiger partial charge in [0.15, 0.2) is 5.17 Å². The molecule has 2 nitrogen and oxygen atoms in total. The highest BCUT2D eigenvalue weighted by atomic mass is 32.2. The van der Waals surface area contributed by atoms with Gasteiger partial charge in [-0.3, -0.25) is 4.99 Å². The van der Waals surface area contributed by atoms with Gasteiger partial charge >= 0.3 is 0 Å². The molecule has 104 valence electrons. The van der Waals surface area contributed by atoms with Crippen molar-refractivity contribution in [3.05, 3.63) is 0 Å².